The van der Waals surface area contributed by atoms with Gasteiger partial charge in [-0.1, -0.05) is 41.1 Å². The van der Waals surface area contributed by atoms with Crippen molar-refractivity contribution in [3.8, 4) is 5.69 Å². The quantitative estimate of drug-likeness (QED) is 0.798. The summed E-state index contributed by atoms with van der Waals surface area (Å²) >= 11 is 7.64. The van der Waals surface area contributed by atoms with E-state index < -0.39 is 0 Å². The molecule has 0 saturated heterocycles. The molecule has 8 heteroatoms. The minimum absolute atomic E-state index is 0.266. The summed E-state index contributed by atoms with van der Waals surface area (Å²) in [5.41, 5.74) is 1.67. The first kappa shape index (κ1) is 14.7. The van der Waals surface area contributed by atoms with E-state index in [1.165, 1.54) is 16.0 Å². The standard InChI is InChI=1S/C14H12ClN5OS/c1-8-11(13(21)16-14-18-17-9(2)22-14)12(15)20(19-8)10-6-4-3-5-7-10/h3-7H,1-2H3,(H,16,18,21). The second kappa shape index (κ2) is 5.86. The minimum Gasteiger partial charge on any atom is -0.296 e. The molecule has 1 N–H and O–H groups in total. The maximum atomic E-state index is 12.4. The molecular weight excluding hydrogens is 322 g/mol. The van der Waals surface area contributed by atoms with E-state index in [2.05, 4.69) is 20.6 Å². The highest BCUT2D eigenvalue weighted by atomic mass is 35.5. The van der Waals surface area contributed by atoms with Crippen LogP contribution in [0, 0.1) is 13.8 Å². The lowest BCUT2D eigenvalue weighted by Gasteiger charge is -2.03. The van der Waals surface area contributed by atoms with E-state index in [1.54, 1.807) is 6.92 Å². The van der Waals surface area contributed by atoms with Gasteiger partial charge in [-0.3, -0.25) is 10.1 Å². The molecule has 0 aliphatic heterocycles. The van der Waals surface area contributed by atoms with Crippen molar-refractivity contribution in [2.24, 2.45) is 0 Å². The van der Waals surface area contributed by atoms with E-state index in [-0.39, 0.29) is 11.1 Å². The highest BCUT2D eigenvalue weighted by Crippen LogP contribution is 2.25. The van der Waals surface area contributed by atoms with Gasteiger partial charge in [-0.25, -0.2) is 4.68 Å². The molecule has 0 saturated carbocycles. The number of halogens is 1. The lowest BCUT2D eigenvalue weighted by Crippen LogP contribution is -2.13. The monoisotopic (exact) mass is 333 g/mol. The van der Waals surface area contributed by atoms with Gasteiger partial charge in [0.05, 0.1) is 11.4 Å². The topological polar surface area (TPSA) is 72.7 Å². The third kappa shape index (κ3) is 2.72. The Morgan fingerprint density at radius 3 is 2.59 bits per heavy atom. The number of rotatable bonds is 3. The van der Waals surface area contributed by atoms with Crippen molar-refractivity contribution in [2.45, 2.75) is 13.8 Å². The van der Waals surface area contributed by atoms with Crippen LogP contribution in [0.15, 0.2) is 30.3 Å². The number of hydrogen-bond donors (Lipinski definition) is 1. The van der Waals surface area contributed by atoms with Gasteiger partial charge in [0.15, 0.2) is 0 Å². The van der Waals surface area contributed by atoms with Gasteiger partial charge in [-0.05, 0) is 26.0 Å². The summed E-state index contributed by atoms with van der Waals surface area (Å²) in [5.74, 6) is -0.346. The number of para-hydroxylation sites is 1. The fourth-order valence-corrected chi connectivity index (χ4v) is 2.95. The van der Waals surface area contributed by atoms with Gasteiger partial charge in [0.2, 0.25) is 5.13 Å². The highest BCUT2D eigenvalue weighted by Gasteiger charge is 2.22. The van der Waals surface area contributed by atoms with E-state index >= 15 is 0 Å². The largest absolute Gasteiger partial charge is 0.296 e. The second-order valence-electron chi connectivity index (χ2n) is 4.58. The summed E-state index contributed by atoms with van der Waals surface area (Å²) in [6.07, 6.45) is 0. The van der Waals surface area contributed by atoms with E-state index in [1.807, 2.05) is 37.3 Å². The molecule has 1 aromatic carbocycles. The average Bonchev–Trinajstić information content (AvgIpc) is 3.03. The number of amides is 1. The number of nitrogens with one attached hydrogen (secondary N) is 1. The van der Waals surface area contributed by atoms with E-state index in [4.69, 9.17) is 11.6 Å². The number of carbonyl (C=O) groups is 1. The van der Waals surface area contributed by atoms with Crippen LogP contribution in [0.5, 0.6) is 0 Å². The first-order valence-electron chi connectivity index (χ1n) is 6.48. The van der Waals surface area contributed by atoms with Gasteiger partial charge in [-0.2, -0.15) is 5.10 Å². The molecule has 3 aromatic rings. The summed E-state index contributed by atoms with van der Waals surface area (Å²) in [7, 11) is 0. The van der Waals surface area contributed by atoms with Gasteiger partial charge in [-0.15, -0.1) is 10.2 Å². The highest BCUT2D eigenvalue weighted by molar-refractivity contribution is 7.15. The van der Waals surface area contributed by atoms with Crippen LogP contribution in [0.1, 0.15) is 21.1 Å². The third-order valence-electron chi connectivity index (χ3n) is 2.98. The lowest BCUT2D eigenvalue weighted by molar-refractivity contribution is 0.102. The Morgan fingerprint density at radius 1 is 1.23 bits per heavy atom. The molecule has 1 amide bonds. The van der Waals surface area contributed by atoms with Crippen LogP contribution in [0.3, 0.4) is 0 Å². The molecule has 0 spiro atoms. The number of nitrogens with zero attached hydrogens (tertiary/aromatic N) is 4. The molecule has 0 unspecified atom stereocenters. The molecule has 0 atom stereocenters. The molecule has 2 heterocycles. The fraction of sp³-hybridized carbons (Fsp3) is 0.143. The maximum Gasteiger partial charge on any atom is 0.262 e. The Kier molecular flexibility index (Phi) is 3.91. The third-order valence-corrected chi connectivity index (χ3v) is 4.08. The molecule has 22 heavy (non-hydrogen) atoms. The van der Waals surface area contributed by atoms with Gasteiger partial charge >= 0.3 is 0 Å². The molecular formula is C14H12ClN5OS. The zero-order valence-corrected chi connectivity index (χ0v) is 13.4. The summed E-state index contributed by atoms with van der Waals surface area (Å²) < 4.78 is 1.54. The van der Waals surface area contributed by atoms with Crippen molar-refractivity contribution < 1.29 is 4.79 Å². The fourth-order valence-electron chi connectivity index (χ4n) is 2.00. The van der Waals surface area contributed by atoms with Crippen molar-refractivity contribution >= 4 is 34.0 Å². The molecule has 6 nitrogen and oxygen atoms in total. The molecule has 0 radical (unpaired) electrons. The SMILES string of the molecule is Cc1nnc(NC(=O)c2c(C)nn(-c3ccccc3)c2Cl)s1. The van der Waals surface area contributed by atoms with Gasteiger partial charge in [0.1, 0.15) is 15.7 Å². The first-order valence-corrected chi connectivity index (χ1v) is 7.67. The van der Waals surface area contributed by atoms with E-state index in [0.29, 0.717) is 16.4 Å². The predicted molar refractivity (Wildman–Crippen MR) is 85.9 cm³/mol. The Balaban J connectivity index is 1.94. The number of hydrogen-bond acceptors (Lipinski definition) is 5. The Bertz CT molecular complexity index is 827. The normalized spacial score (nSPS) is 10.7. The van der Waals surface area contributed by atoms with Crippen LogP contribution in [-0.2, 0) is 0 Å². The number of aromatic nitrogens is 4. The Hall–Kier alpha value is -2.25. The zero-order chi connectivity index (χ0) is 15.7. The number of anilines is 1. The van der Waals surface area contributed by atoms with Crippen LogP contribution < -0.4 is 5.32 Å². The second-order valence-corrected chi connectivity index (χ2v) is 6.12. The Labute approximate surface area is 135 Å². The average molecular weight is 334 g/mol. The number of aryl methyl sites for hydroxylation is 2. The zero-order valence-electron chi connectivity index (χ0n) is 11.9. The lowest BCUT2D eigenvalue weighted by atomic mass is 10.2. The summed E-state index contributed by atoms with van der Waals surface area (Å²) in [5, 5.41) is 16.2. The van der Waals surface area contributed by atoms with Crippen LogP contribution in [-0.4, -0.2) is 25.9 Å². The molecule has 0 aliphatic carbocycles. The molecule has 2 aromatic heterocycles. The minimum atomic E-state index is -0.346. The summed E-state index contributed by atoms with van der Waals surface area (Å²) in [6.45, 7) is 3.56. The molecule has 3 rings (SSSR count). The van der Waals surface area contributed by atoms with Crippen molar-refractivity contribution in [1.82, 2.24) is 20.0 Å². The summed E-state index contributed by atoms with van der Waals surface area (Å²) in [4.78, 5) is 12.4. The molecule has 0 bridgehead atoms. The van der Waals surface area contributed by atoms with Gasteiger partial charge in [0, 0.05) is 0 Å². The molecule has 112 valence electrons. The van der Waals surface area contributed by atoms with E-state index in [9.17, 15) is 4.79 Å². The van der Waals surface area contributed by atoms with Crippen LogP contribution in [0.25, 0.3) is 5.69 Å². The maximum absolute atomic E-state index is 12.4. The first-order chi connectivity index (χ1) is 10.6. The summed E-state index contributed by atoms with van der Waals surface area (Å²) in [6, 6.07) is 9.40. The number of carbonyl (C=O) groups excluding carboxylic acids is 1. The van der Waals surface area contributed by atoms with Gasteiger partial charge in [0.25, 0.3) is 5.91 Å². The van der Waals surface area contributed by atoms with E-state index in [0.717, 1.165) is 10.7 Å². The van der Waals surface area contributed by atoms with Crippen molar-refractivity contribution in [1.29, 1.82) is 0 Å². The van der Waals surface area contributed by atoms with Crippen molar-refractivity contribution in [2.75, 3.05) is 5.32 Å². The van der Waals surface area contributed by atoms with Crippen LogP contribution in [0.2, 0.25) is 5.15 Å². The van der Waals surface area contributed by atoms with Crippen LogP contribution in [0.4, 0.5) is 5.13 Å². The molecule has 0 fully saturated rings. The van der Waals surface area contributed by atoms with Gasteiger partial charge < -0.3 is 0 Å². The van der Waals surface area contributed by atoms with Crippen molar-refractivity contribution in [3.05, 3.63) is 51.7 Å². The molecule has 0 aliphatic rings. The predicted octanol–water partition coefficient (Wildman–Crippen LogP) is 3.25. The smallest absolute Gasteiger partial charge is 0.262 e. The Morgan fingerprint density at radius 2 is 1.95 bits per heavy atom. The van der Waals surface area contributed by atoms with Crippen LogP contribution >= 0.6 is 22.9 Å². The number of benzene rings is 1. The van der Waals surface area contributed by atoms with Crippen molar-refractivity contribution in [3.63, 3.8) is 0 Å².